The van der Waals surface area contributed by atoms with Crippen LogP contribution in [-0.4, -0.2) is 66.0 Å². The van der Waals surface area contributed by atoms with Gasteiger partial charge in [0.1, 0.15) is 28.4 Å². The van der Waals surface area contributed by atoms with Crippen molar-refractivity contribution in [2.45, 2.75) is 41.9 Å². The summed E-state index contributed by atoms with van der Waals surface area (Å²) in [4.78, 5) is 37.0. The number of unbranched alkanes of at least 4 members (excludes halogenated alkanes) is 1. The number of nitrogens with one attached hydrogen (secondary N) is 3. The molecule has 3 aromatic carbocycles. The molecule has 0 spiro atoms. The zero-order chi connectivity index (χ0) is 33.5. The molecule has 0 bridgehead atoms. The lowest BCUT2D eigenvalue weighted by Crippen LogP contribution is -2.48. The number of ether oxygens (including phenoxy) is 2. The second kappa shape index (κ2) is 15.1. The van der Waals surface area contributed by atoms with Crippen molar-refractivity contribution in [3.05, 3.63) is 87.9 Å². The van der Waals surface area contributed by atoms with Gasteiger partial charge in [0.05, 0.1) is 25.0 Å². The summed E-state index contributed by atoms with van der Waals surface area (Å²) < 4.78 is 66.1. The third kappa shape index (κ3) is 8.63. The first kappa shape index (κ1) is 34.9. The van der Waals surface area contributed by atoms with Crippen LogP contribution >= 0.6 is 15.9 Å². The number of carbonyl (C=O) groups excluding carboxylic acids is 3. The van der Waals surface area contributed by atoms with Crippen LogP contribution in [0.2, 0.25) is 0 Å². The summed E-state index contributed by atoms with van der Waals surface area (Å²) in [5, 5.41) is 11.7. The highest BCUT2D eigenvalue weighted by Crippen LogP contribution is 2.35. The Hall–Kier alpha value is -3.99. The van der Waals surface area contributed by atoms with Gasteiger partial charge in [0, 0.05) is 11.0 Å². The molecule has 2 amide bonds. The summed E-state index contributed by atoms with van der Waals surface area (Å²) in [5.41, 5.74) is 0.795. The quantitative estimate of drug-likeness (QED) is 0.141. The van der Waals surface area contributed by atoms with Crippen molar-refractivity contribution in [2.24, 2.45) is 0 Å². The molecule has 46 heavy (non-hydrogen) atoms. The van der Waals surface area contributed by atoms with Crippen LogP contribution in [0.5, 0.6) is 11.5 Å². The first-order valence-corrected chi connectivity index (χ1v) is 17.9. The predicted molar refractivity (Wildman–Crippen MR) is 170 cm³/mol. The molecule has 1 heterocycles. The topological polar surface area (TPSA) is 194 Å². The molecule has 4 N–H and O–H groups in total. The monoisotopic (exact) mass is 737 g/mol. The summed E-state index contributed by atoms with van der Waals surface area (Å²) in [6.45, 7) is 0.338. The standard InChI is InChI=1S/C30H32BrN3O10S2/c1-43-30(38)28-24(35)10-7-11-25(28)44-15-6-5-14-32-29(37)23(33-45(39,40)20-8-3-2-4-9-20)17-19-12-13-21(22(31)16-19)26-18-27(36)34-46(26,41)42/h2-4,7-13,16,23,26,33,35H,5-6,14-15,17-18H2,1H3,(H,32,37)(H,34,36). The lowest BCUT2D eigenvalue weighted by molar-refractivity contribution is -0.122. The van der Waals surface area contributed by atoms with Crippen LogP contribution in [0.1, 0.15) is 46.0 Å². The number of phenols is 1. The van der Waals surface area contributed by atoms with E-state index in [-0.39, 0.29) is 48.0 Å². The van der Waals surface area contributed by atoms with E-state index >= 15 is 0 Å². The van der Waals surface area contributed by atoms with Gasteiger partial charge in [0.25, 0.3) is 0 Å². The zero-order valence-corrected chi connectivity index (χ0v) is 27.8. The van der Waals surface area contributed by atoms with E-state index in [1.54, 1.807) is 30.3 Å². The number of methoxy groups -OCH3 is 1. The number of halogens is 1. The highest BCUT2D eigenvalue weighted by Gasteiger charge is 2.39. The van der Waals surface area contributed by atoms with Crippen molar-refractivity contribution in [3.63, 3.8) is 0 Å². The van der Waals surface area contributed by atoms with Gasteiger partial charge in [-0.15, -0.1) is 0 Å². The number of aromatic hydroxyl groups is 1. The first-order chi connectivity index (χ1) is 21.8. The Morgan fingerprint density at radius 1 is 1.09 bits per heavy atom. The molecule has 2 unspecified atom stereocenters. The maximum atomic E-state index is 13.3. The highest BCUT2D eigenvalue weighted by molar-refractivity contribution is 9.10. The third-order valence-corrected chi connectivity index (χ3v) is 10.9. The minimum absolute atomic E-state index is 0.0247. The predicted octanol–water partition coefficient (Wildman–Crippen LogP) is 2.70. The van der Waals surface area contributed by atoms with E-state index in [2.05, 4.69) is 30.7 Å². The Bertz CT molecular complexity index is 1820. The Kier molecular flexibility index (Phi) is 11.4. The van der Waals surface area contributed by atoms with Crippen LogP contribution in [0.4, 0.5) is 0 Å². The van der Waals surface area contributed by atoms with E-state index in [1.807, 2.05) is 4.72 Å². The van der Waals surface area contributed by atoms with Gasteiger partial charge in [-0.25, -0.2) is 21.6 Å². The number of phenolic OH excluding ortho intramolecular Hbond substituents is 1. The summed E-state index contributed by atoms with van der Waals surface area (Å²) in [7, 11) is -6.79. The van der Waals surface area contributed by atoms with Crippen molar-refractivity contribution in [3.8, 4) is 11.5 Å². The van der Waals surface area contributed by atoms with Crippen LogP contribution in [0.25, 0.3) is 0 Å². The molecule has 0 radical (unpaired) electrons. The number of hydrogen-bond donors (Lipinski definition) is 4. The van der Waals surface area contributed by atoms with Crippen LogP contribution in [0.15, 0.2) is 76.1 Å². The van der Waals surface area contributed by atoms with E-state index in [4.69, 9.17) is 4.74 Å². The molecule has 1 fully saturated rings. The van der Waals surface area contributed by atoms with Crippen LogP contribution in [0, 0.1) is 0 Å². The SMILES string of the molecule is COC(=O)c1c(O)cccc1OCCCCNC(=O)C(Cc1ccc(C2CC(=O)NS2(=O)=O)c(Br)c1)NS(=O)(=O)c1ccccc1. The lowest BCUT2D eigenvalue weighted by Gasteiger charge is -2.20. The van der Waals surface area contributed by atoms with Crippen molar-refractivity contribution >= 4 is 53.8 Å². The van der Waals surface area contributed by atoms with E-state index in [0.717, 1.165) is 0 Å². The van der Waals surface area contributed by atoms with Crippen LogP contribution in [0.3, 0.4) is 0 Å². The van der Waals surface area contributed by atoms with Gasteiger partial charge in [0.15, 0.2) is 0 Å². The Labute approximate surface area is 274 Å². The molecule has 2 atom stereocenters. The molecule has 1 aliphatic rings. The largest absolute Gasteiger partial charge is 0.507 e. The molecule has 4 rings (SSSR count). The van der Waals surface area contributed by atoms with Gasteiger partial charge in [-0.3, -0.25) is 14.3 Å². The maximum Gasteiger partial charge on any atom is 0.345 e. The van der Waals surface area contributed by atoms with Crippen molar-refractivity contribution in [2.75, 3.05) is 20.3 Å². The number of sulfonamides is 2. The number of hydrogen-bond acceptors (Lipinski definition) is 10. The normalized spacial score (nSPS) is 16.3. The maximum absolute atomic E-state index is 13.3. The molecule has 0 saturated carbocycles. The highest BCUT2D eigenvalue weighted by atomic mass is 79.9. The zero-order valence-electron chi connectivity index (χ0n) is 24.6. The van der Waals surface area contributed by atoms with Gasteiger partial charge >= 0.3 is 5.97 Å². The van der Waals surface area contributed by atoms with Gasteiger partial charge in [0.2, 0.25) is 31.9 Å². The molecule has 13 nitrogen and oxygen atoms in total. The van der Waals surface area contributed by atoms with Crippen LogP contribution in [-0.2, 0) is 40.8 Å². The van der Waals surface area contributed by atoms with Gasteiger partial charge in [-0.2, -0.15) is 4.72 Å². The Morgan fingerprint density at radius 2 is 1.83 bits per heavy atom. The number of esters is 1. The number of benzene rings is 3. The second-order valence-corrected chi connectivity index (χ2v) is 14.7. The lowest BCUT2D eigenvalue weighted by atomic mass is 10.0. The van der Waals surface area contributed by atoms with Crippen molar-refractivity contribution in [1.29, 1.82) is 0 Å². The van der Waals surface area contributed by atoms with E-state index < -0.39 is 49.1 Å². The van der Waals surface area contributed by atoms with Gasteiger partial charge in [-0.1, -0.05) is 52.3 Å². The van der Waals surface area contributed by atoms with Crippen molar-refractivity contribution < 1.29 is 45.8 Å². The number of amides is 2. The third-order valence-electron chi connectivity index (χ3n) is 7.04. The fourth-order valence-electron chi connectivity index (χ4n) is 4.75. The molecule has 1 aliphatic heterocycles. The molecular formula is C30H32BrN3O10S2. The summed E-state index contributed by atoms with van der Waals surface area (Å²) in [6.07, 6.45) is 0.599. The smallest absolute Gasteiger partial charge is 0.345 e. The number of rotatable bonds is 14. The summed E-state index contributed by atoms with van der Waals surface area (Å²) in [5.74, 6) is -2.07. The van der Waals surface area contributed by atoms with Crippen molar-refractivity contribution in [1.82, 2.24) is 14.8 Å². The van der Waals surface area contributed by atoms with Crippen LogP contribution < -0.4 is 19.5 Å². The fourth-order valence-corrected chi connectivity index (χ4v) is 8.28. The minimum atomic E-state index is -4.09. The molecule has 3 aromatic rings. The van der Waals surface area contributed by atoms with Gasteiger partial charge < -0.3 is 19.9 Å². The average molecular weight is 739 g/mol. The van der Waals surface area contributed by atoms with E-state index in [0.29, 0.717) is 28.4 Å². The summed E-state index contributed by atoms with van der Waals surface area (Å²) >= 11 is 3.36. The minimum Gasteiger partial charge on any atom is -0.507 e. The second-order valence-electron chi connectivity index (χ2n) is 10.3. The molecule has 1 saturated heterocycles. The molecule has 246 valence electrons. The average Bonchev–Trinajstić information content (AvgIpc) is 3.29. The van der Waals surface area contributed by atoms with Gasteiger partial charge in [-0.05, 0) is 60.7 Å². The molecular weight excluding hydrogens is 706 g/mol. The molecule has 0 aromatic heterocycles. The molecule has 16 heteroatoms. The Morgan fingerprint density at radius 3 is 2.48 bits per heavy atom. The number of carbonyl (C=O) groups is 3. The first-order valence-electron chi connectivity index (χ1n) is 14.0. The van der Waals surface area contributed by atoms with E-state index in [9.17, 15) is 36.3 Å². The fraction of sp³-hybridized carbons (Fsp3) is 0.300. The Balaban J connectivity index is 1.42. The summed E-state index contributed by atoms with van der Waals surface area (Å²) in [6, 6.07) is 15.4. The molecule has 0 aliphatic carbocycles. The van der Waals surface area contributed by atoms with E-state index in [1.165, 1.54) is 43.5 Å².